The molecule has 0 radical (unpaired) electrons. The smallest absolute Gasteiger partial charge is 0.387 e. The van der Waals surface area contributed by atoms with Crippen LogP contribution >= 0.6 is 15.6 Å². The first-order chi connectivity index (χ1) is 13.2. The third kappa shape index (κ3) is 4.51. The van der Waals surface area contributed by atoms with Crippen molar-refractivity contribution in [3.05, 3.63) is 12.0 Å². The summed E-state index contributed by atoms with van der Waals surface area (Å²) in [6.07, 6.45) is -5.23. The minimum absolute atomic E-state index is 0.0164. The van der Waals surface area contributed by atoms with Gasteiger partial charge in [-0.25, -0.2) is 18.5 Å². The Bertz CT molecular complexity index is 918. The fraction of sp³-hybridized carbons (Fsp3) is 0.636. The fourth-order valence-electron chi connectivity index (χ4n) is 2.88. The zero-order valence-electron chi connectivity index (χ0n) is 14.6. The largest absolute Gasteiger partial charge is 0.481 e. The number of guanidine groups is 1. The molecule has 1 saturated heterocycles. The van der Waals surface area contributed by atoms with Crippen LogP contribution in [-0.2, 0) is 22.7 Å². The van der Waals surface area contributed by atoms with Gasteiger partial charge in [0.25, 0.3) is 0 Å². The van der Waals surface area contributed by atoms with Gasteiger partial charge in [0, 0.05) is 0 Å². The van der Waals surface area contributed by atoms with Gasteiger partial charge in [0.2, 0.25) is 0 Å². The summed E-state index contributed by atoms with van der Waals surface area (Å²) in [7, 11) is -10.6. The maximum Gasteiger partial charge on any atom is 0.481 e. The Hall–Kier alpha value is -1.45. The summed E-state index contributed by atoms with van der Waals surface area (Å²) in [4.78, 5) is 34.3. The Morgan fingerprint density at radius 1 is 1.41 bits per heavy atom. The third-order valence-corrected chi connectivity index (χ3v) is 6.30. The molecule has 3 rings (SSSR count). The van der Waals surface area contributed by atoms with E-state index in [2.05, 4.69) is 24.1 Å². The monoisotopic (exact) mass is 461 g/mol. The highest BCUT2D eigenvalue weighted by Gasteiger charge is 2.56. The van der Waals surface area contributed by atoms with Gasteiger partial charge in [-0.1, -0.05) is 0 Å². The predicted octanol–water partition coefficient (Wildman–Crippen LogP) is -1.36. The van der Waals surface area contributed by atoms with Gasteiger partial charge in [-0.05, 0) is 6.92 Å². The number of hydrogen-bond donors (Lipinski definition) is 7. The number of nitrogens with two attached hydrogens (primary N) is 1. The van der Waals surface area contributed by atoms with E-state index in [4.69, 9.17) is 20.3 Å². The highest BCUT2D eigenvalue weighted by molar-refractivity contribution is 7.60. The molecule has 0 spiro atoms. The number of aliphatic hydroxyl groups excluding tert-OH is 2. The van der Waals surface area contributed by atoms with Gasteiger partial charge in [0.1, 0.15) is 17.9 Å². The van der Waals surface area contributed by atoms with Gasteiger partial charge in [0.05, 0.1) is 12.9 Å². The quantitative estimate of drug-likeness (QED) is 0.243. The zero-order valence-corrected chi connectivity index (χ0v) is 16.4. The number of aliphatic hydroxyl groups is 2. The number of fused-ring (bicyclic) bond motifs is 1. The number of rotatable bonds is 6. The fourth-order valence-corrected chi connectivity index (χ4v) is 4.48. The van der Waals surface area contributed by atoms with Crippen LogP contribution in [-0.4, -0.2) is 64.9 Å². The van der Waals surface area contributed by atoms with Gasteiger partial charge in [-0.15, -0.1) is 0 Å². The minimum atomic E-state index is -5.35. The Kier molecular flexibility index (Phi) is 5.64. The van der Waals surface area contributed by atoms with Gasteiger partial charge in [0.15, 0.2) is 29.9 Å². The van der Waals surface area contributed by atoms with Crippen molar-refractivity contribution in [2.45, 2.75) is 37.3 Å². The van der Waals surface area contributed by atoms with Crippen LogP contribution in [0.4, 0.5) is 10.2 Å². The van der Waals surface area contributed by atoms with E-state index in [1.807, 2.05) is 0 Å². The normalized spacial score (nSPS) is 34.2. The van der Waals surface area contributed by atoms with Crippen LogP contribution in [0.5, 0.6) is 0 Å². The summed E-state index contributed by atoms with van der Waals surface area (Å²) >= 11 is 0. The Morgan fingerprint density at radius 3 is 2.69 bits per heavy atom. The number of ether oxygens (including phenoxy) is 1. The molecule has 15 nitrogen and oxygen atoms in total. The summed E-state index contributed by atoms with van der Waals surface area (Å²) in [6, 6.07) is 0. The van der Waals surface area contributed by atoms with E-state index in [0.717, 1.165) is 17.8 Å². The molecule has 0 aliphatic carbocycles. The molecule has 164 valence electrons. The van der Waals surface area contributed by atoms with Crippen molar-refractivity contribution < 1.29 is 52.0 Å². The molecule has 0 amide bonds. The number of nitrogens with zero attached hydrogens (tertiary/aromatic N) is 3. The van der Waals surface area contributed by atoms with E-state index in [0.29, 0.717) is 0 Å². The lowest BCUT2D eigenvalue weighted by Gasteiger charge is -2.26. The van der Waals surface area contributed by atoms with Crippen molar-refractivity contribution in [3.8, 4) is 0 Å². The van der Waals surface area contributed by atoms with Crippen LogP contribution in [0.3, 0.4) is 0 Å². The number of alkyl halides is 1. The van der Waals surface area contributed by atoms with Crippen molar-refractivity contribution in [1.82, 2.24) is 14.9 Å². The molecule has 0 bridgehead atoms. The van der Waals surface area contributed by atoms with Crippen LogP contribution < -0.4 is 11.1 Å². The number of aliphatic imine (C=N–C) groups is 1. The number of aromatic nitrogens is 2. The van der Waals surface area contributed by atoms with E-state index in [1.165, 1.54) is 0 Å². The first-order valence-corrected chi connectivity index (χ1v) is 10.9. The van der Waals surface area contributed by atoms with Gasteiger partial charge < -0.3 is 40.7 Å². The second-order valence-electron chi connectivity index (χ2n) is 6.36. The first-order valence-electron chi connectivity index (χ1n) is 7.83. The first kappa shape index (κ1) is 22.2. The van der Waals surface area contributed by atoms with Crippen LogP contribution in [0.25, 0.3) is 0 Å². The van der Waals surface area contributed by atoms with Crippen LogP contribution in [0.15, 0.2) is 11.3 Å². The molecule has 29 heavy (non-hydrogen) atoms. The zero-order chi connectivity index (χ0) is 21.8. The number of halogens is 1. The molecule has 3 heterocycles. The summed E-state index contributed by atoms with van der Waals surface area (Å²) in [6.45, 7) is 0.0292. The summed E-state index contributed by atoms with van der Waals surface area (Å²) < 4.78 is 51.8. The molecule has 2 aliphatic heterocycles. The number of phosphoric acid groups is 2. The number of nitrogens with one attached hydrogen (secondary N) is 1. The molecule has 0 aromatic carbocycles. The molecule has 18 heteroatoms. The van der Waals surface area contributed by atoms with Crippen LogP contribution in [0.1, 0.15) is 25.1 Å². The Labute approximate surface area is 161 Å². The maximum absolute atomic E-state index is 15.2. The van der Waals surface area contributed by atoms with Crippen molar-refractivity contribution in [2.75, 3.05) is 6.61 Å². The van der Waals surface area contributed by atoms with Crippen molar-refractivity contribution >= 4 is 27.4 Å². The molecule has 2 unspecified atom stereocenters. The molecule has 8 N–H and O–H groups in total. The van der Waals surface area contributed by atoms with Crippen molar-refractivity contribution in [2.24, 2.45) is 10.7 Å². The number of phosphoric ester groups is 1. The average Bonchev–Trinajstić information content (AvgIpc) is 3.04. The molecule has 6 atom stereocenters. The molecule has 2 aliphatic rings. The Morgan fingerprint density at radius 2 is 2.07 bits per heavy atom. The standard InChI is InChI=1S/C11H18FN5O10P2/c1-11(12)6(18)4(2-25-29(23,24)27-28(20,21)22)26-9(11)17-3-14-5-7(17)15-10(13)16-8(5)19/h3-4,6,8-9,18-19H,2H2,1H3,(H,23,24)(H3,13,15,16)(H2,20,21,22)/t4-,6-,8?,9-,11-/m1/s1. The van der Waals surface area contributed by atoms with Gasteiger partial charge in [-0.2, -0.15) is 9.30 Å². The average molecular weight is 461 g/mol. The van der Waals surface area contributed by atoms with E-state index in [9.17, 15) is 24.2 Å². The summed E-state index contributed by atoms with van der Waals surface area (Å²) in [5.41, 5.74) is 3.05. The molecule has 0 saturated carbocycles. The SMILES string of the molecule is C[C@@]1(F)[C@H](O)[C@@H](COP(=O)(O)OP(=O)(O)O)O[C@H]1n1cnc2c1N=C(N)NC2O. The highest BCUT2D eigenvalue weighted by atomic mass is 31.3. The molecule has 1 aromatic rings. The lowest BCUT2D eigenvalue weighted by Crippen LogP contribution is -2.41. The maximum atomic E-state index is 15.2. The van der Waals surface area contributed by atoms with E-state index >= 15 is 4.39 Å². The lowest BCUT2D eigenvalue weighted by atomic mass is 9.98. The van der Waals surface area contributed by atoms with E-state index < -0.39 is 52.6 Å². The summed E-state index contributed by atoms with van der Waals surface area (Å²) in [5, 5.41) is 22.5. The highest BCUT2D eigenvalue weighted by Crippen LogP contribution is 2.58. The van der Waals surface area contributed by atoms with Crippen LogP contribution in [0, 0.1) is 0 Å². The minimum Gasteiger partial charge on any atom is -0.387 e. The molecule has 1 fully saturated rings. The van der Waals surface area contributed by atoms with Gasteiger partial charge in [-0.3, -0.25) is 9.09 Å². The Balaban J connectivity index is 1.80. The topological polar surface area (TPSA) is 231 Å². The van der Waals surface area contributed by atoms with Crippen molar-refractivity contribution in [1.29, 1.82) is 0 Å². The molecule has 1 aromatic heterocycles. The lowest BCUT2D eigenvalue weighted by molar-refractivity contribution is -0.0571. The molecular formula is C11H18FN5O10P2. The number of imidazole rings is 1. The van der Waals surface area contributed by atoms with E-state index in [-0.39, 0.29) is 17.5 Å². The summed E-state index contributed by atoms with van der Waals surface area (Å²) in [5.74, 6) is -0.226. The number of hydrogen-bond acceptors (Lipinski definition) is 11. The predicted molar refractivity (Wildman–Crippen MR) is 89.9 cm³/mol. The second-order valence-corrected chi connectivity index (χ2v) is 9.19. The third-order valence-electron chi connectivity index (χ3n) is 4.15. The van der Waals surface area contributed by atoms with Crippen LogP contribution in [0.2, 0.25) is 0 Å². The second kappa shape index (κ2) is 7.35. The van der Waals surface area contributed by atoms with E-state index in [1.54, 1.807) is 0 Å². The molecular weight excluding hydrogens is 443 g/mol. The van der Waals surface area contributed by atoms with Crippen molar-refractivity contribution in [3.63, 3.8) is 0 Å². The van der Waals surface area contributed by atoms with Gasteiger partial charge >= 0.3 is 15.6 Å².